The van der Waals surface area contributed by atoms with Crippen molar-refractivity contribution in [1.29, 1.82) is 0 Å². The molecule has 4 fully saturated rings. The van der Waals surface area contributed by atoms with Crippen molar-refractivity contribution in [2.45, 2.75) is 198 Å². The van der Waals surface area contributed by atoms with Gasteiger partial charge in [0.05, 0.1) is 0 Å². The molecule has 3 aromatic rings. The van der Waals surface area contributed by atoms with Crippen molar-refractivity contribution in [3.63, 3.8) is 0 Å². The van der Waals surface area contributed by atoms with Crippen LogP contribution in [-0.4, -0.2) is 54.0 Å². The van der Waals surface area contributed by atoms with Crippen LogP contribution >= 0.6 is 0 Å². The van der Waals surface area contributed by atoms with Crippen LogP contribution in [0.3, 0.4) is 0 Å². The zero-order valence-corrected chi connectivity index (χ0v) is 39.2. The van der Waals surface area contributed by atoms with E-state index in [1.165, 1.54) is 25.7 Å². The number of carbonyl (C=O) groups is 3. The number of rotatable bonds is 18. The summed E-state index contributed by atoms with van der Waals surface area (Å²) >= 11 is 0. The fraction of sp³-hybridized carbons (Fsp3) is 0.618. The fourth-order valence-corrected chi connectivity index (χ4v) is 11.5. The molecule has 4 aliphatic rings. The van der Waals surface area contributed by atoms with Crippen molar-refractivity contribution >= 4 is 17.9 Å². The van der Waals surface area contributed by atoms with E-state index in [9.17, 15) is 19.5 Å². The second-order valence-electron chi connectivity index (χ2n) is 19.5. The molecule has 7 rings (SSSR count). The predicted molar refractivity (Wildman–Crippen MR) is 250 cm³/mol. The molecule has 0 bridgehead atoms. The molecule has 0 aromatic heterocycles. The molecule has 9 heteroatoms. The van der Waals surface area contributed by atoms with Crippen LogP contribution in [0.2, 0.25) is 0 Å². The van der Waals surface area contributed by atoms with Gasteiger partial charge in [-0.2, -0.15) is 0 Å². The first-order valence-corrected chi connectivity index (χ1v) is 24.9. The molecule has 1 N–H and O–H groups in total. The van der Waals surface area contributed by atoms with Gasteiger partial charge in [0.2, 0.25) is 0 Å². The number of aliphatic carboxylic acids is 1. The third kappa shape index (κ3) is 11.6. The highest BCUT2D eigenvalue weighted by atomic mass is 16.6. The first-order chi connectivity index (χ1) is 31.0. The highest BCUT2D eigenvalue weighted by Gasteiger charge is 2.36. The van der Waals surface area contributed by atoms with E-state index in [-0.39, 0.29) is 42.9 Å². The zero-order chi connectivity index (χ0) is 45.1. The van der Waals surface area contributed by atoms with E-state index in [0.717, 1.165) is 160 Å². The molecule has 0 spiro atoms. The minimum Gasteiger partial charge on any atom is -0.482 e. The lowest BCUT2D eigenvalue weighted by Crippen LogP contribution is -2.38. The summed E-state index contributed by atoms with van der Waals surface area (Å²) in [6, 6.07) is 16.8. The second kappa shape index (κ2) is 22.1. The SMILES string of the molecule is CCC1(OC(=O)COc2cc(C)c(C(c3cc(C4CCCCC4)c(OCC(=O)O)cc3C)c3ccccc3OCC(=O)OC3(CC)CCCCC3)cc2C2CCCCC2)CCCCC1. The molecule has 1 atom stereocenters. The van der Waals surface area contributed by atoms with Crippen molar-refractivity contribution in [1.82, 2.24) is 0 Å². The molecule has 64 heavy (non-hydrogen) atoms. The number of aryl methyl sites for hydroxylation is 2. The lowest BCUT2D eigenvalue weighted by molar-refractivity contribution is -0.167. The molecular weight excluding hydrogens is 805 g/mol. The van der Waals surface area contributed by atoms with Gasteiger partial charge < -0.3 is 28.8 Å². The molecule has 3 aromatic carbocycles. The van der Waals surface area contributed by atoms with Crippen molar-refractivity contribution in [2.24, 2.45) is 0 Å². The number of hydrogen-bond donors (Lipinski definition) is 1. The standard InChI is InChI=1S/C55H74O9/c1-5-54(27-17-9-18-28-54)63-51(58)36-61-47-26-16-15-25-42(47)53(43-33-45(40-21-11-7-12-22-40)48(31-38(43)3)60-35-50(56)57)44-34-46(41-23-13-8-14-24-41)49(32-39(44)4)62-37-52(59)64-55(6-2)29-19-10-20-30-55/h15-16,25-26,31-34,40-41,53H,5-14,17-24,27-30,35-37H2,1-4H3,(H,56,57). The maximum Gasteiger partial charge on any atom is 0.344 e. The smallest absolute Gasteiger partial charge is 0.344 e. The number of hydrogen-bond acceptors (Lipinski definition) is 8. The number of esters is 2. The van der Waals surface area contributed by atoms with E-state index >= 15 is 0 Å². The molecule has 1 unspecified atom stereocenters. The van der Waals surface area contributed by atoms with Crippen LogP contribution < -0.4 is 14.2 Å². The molecule has 9 nitrogen and oxygen atoms in total. The monoisotopic (exact) mass is 879 g/mol. The Balaban J connectivity index is 1.31. The molecule has 4 saturated carbocycles. The minimum atomic E-state index is -1.01. The van der Waals surface area contributed by atoms with E-state index in [1.54, 1.807) is 0 Å². The number of carboxylic acids is 1. The lowest BCUT2D eigenvalue weighted by Gasteiger charge is -2.36. The Hall–Kier alpha value is -4.53. The molecule has 4 aliphatic carbocycles. The van der Waals surface area contributed by atoms with Gasteiger partial charge in [-0.25, -0.2) is 14.4 Å². The summed E-state index contributed by atoms with van der Waals surface area (Å²) in [5.74, 6) is 0.460. The van der Waals surface area contributed by atoms with Gasteiger partial charge in [-0.15, -0.1) is 0 Å². The maximum atomic E-state index is 13.6. The van der Waals surface area contributed by atoms with Crippen molar-refractivity contribution in [3.05, 3.63) is 87.5 Å². The first-order valence-electron chi connectivity index (χ1n) is 24.9. The van der Waals surface area contributed by atoms with Crippen LogP contribution in [0.25, 0.3) is 0 Å². The largest absolute Gasteiger partial charge is 0.482 e. The van der Waals surface area contributed by atoms with Crippen LogP contribution in [-0.2, 0) is 23.9 Å². The topological polar surface area (TPSA) is 118 Å². The third-order valence-corrected chi connectivity index (χ3v) is 15.3. The summed E-state index contributed by atoms with van der Waals surface area (Å²) in [5.41, 5.74) is 6.36. The normalized spacial score (nSPS) is 19.6. The molecule has 0 amide bonds. The van der Waals surface area contributed by atoms with E-state index in [2.05, 4.69) is 52.0 Å². The van der Waals surface area contributed by atoms with Gasteiger partial charge in [-0.05, 0) is 167 Å². The predicted octanol–water partition coefficient (Wildman–Crippen LogP) is 13.1. The zero-order valence-electron chi connectivity index (χ0n) is 39.2. The summed E-state index contributed by atoms with van der Waals surface area (Å²) < 4.78 is 31.6. The molecule has 0 aliphatic heterocycles. The highest BCUT2D eigenvalue weighted by molar-refractivity contribution is 5.73. The van der Waals surface area contributed by atoms with Crippen LogP contribution in [0.5, 0.6) is 17.2 Å². The van der Waals surface area contributed by atoms with Gasteiger partial charge in [0.1, 0.15) is 28.5 Å². The number of para-hydroxylation sites is 1. The van der Waals surface area contributed by atoms with Crippen LogP contribution in [0, 0.1) is 13.8 Å². The molecule has 348 valence electrons. The Morgan fingerprint density at radius 1 is 0.547 bits per heavy atom. The van der Waals surface area contributed by atoms with Crippen LogP contribution in [0.15, 0.2) is 48.5 Å². The lowest BCUT2D eigenvalue weighted by atomic mass is 9.75. The van der Waals surface area contributed by atoms with Gasteiger partial charge in [-0.3, -0.25) is 0 Å². The molecular formula is C55H74O9. The number of carbonyl (C=O) groups excluding carboxylic acids is 2. The summed E-state index contributed by atoms with van der Waals surface area (Å²) in [5, 5.41) is 9.67. The van der Waals surface area contributed by atoms with Gasteiger partial charge in [0.25, 0.3) is 0 Å². The van der Waals surface area contributed by atoms with Crippen molar-refractivity contribution in [2.75, 3.05) is 19.8 Å². The average Bonchev–Trinajstić information content (AvgIpc) is 3.32. The highest BCUT2D eigenvalue weighted by Crippen LogP contribution is 2.48. The number of carboxylic acid groups (broad SMARTS) is 1. The van der Waals surface area contributed by atoms with E-state index < -0.39 is 23.8 Å². The van der Waals surface area contributed by atoms with Gasteiger partial charge in [-0.1, -0.05) is 95.5 Å². The fourth-order valence-electron chi connectivity index (χ4n) is 11.5. The summed E-state index contributed by atoms with van der Waals surface area (Å²) in [6.07, 6.45) is 22.7. The van der Waals surface area contributed by atoms with Crippen molar-refractivity contribution in [3.8, 4) is 17.2 Å². The summed E-state index contributed by atoms with van der Waals surface area (Å²) in [7, 11) is 0. The van der Waals surface area contributed by atoms with E-state index in [4.69, 9.17) is 23.7 Å². The van der Waals surface area contributed by atoms with E-state index in [1.807, 2.05) is 24.3 Å². The van der Waals surface area contributed by atoms with Crippen LogP contribution in [0.1, 0.15) is 212 Å². The molecule has 0 saturated heterocycles. The Morgan fingerprint density at radius 2 is 0.953 bits per heavy atom. The quantitative estimate of drug-likeness (QED) is 0.0984. The van der Waals surface area contributed by atoms with E-state index in [0.29, 0.717) is 11.5 Å². The second-order valence-corrected chi connectivity index (χ2v) is 19.5. The Labute approximate surface area is 382 Å². The third-order valence-electron chi connectivity index (χ3n) is 15.3. The summed E-state index contributed by atoms with van der Waals surface area (Å²) in [6.45, 7) is 7.66. The van der Waals surface area contributed by atoms with Gasteiger partial charge in [0.15, 0.2) is 19.8 Å². The number of benzene rings is 3. The maximum absolute atomic E-state index is 13.6. The van der Waals surface area contributed by atoms with Gasteiger partial charge >= 0.3 is 17.9 Å². The minimum absolute atomic E-state index is 0.141. The summed E-state index contributed by atoms with van der Waals surface area (Å²) in [4.78, 5) is 38.9. The first kappa shape index (κ1) is 47.4. The Bertz CT molecular complexity index is 2050. The average molecular weight is 879 g/mol. The Morgan fingerprint density at radius 3 is 1.39 bits per heavy atom. The molecule has 0 radical (unpaired) electrons. The van der Waals surface area contributed by atoms with Crippen LogP contribution in [0.4, 0.5) is 0 Å². The van der Waals surface area contributed by atoms with Gasteiger partial charge in [0, 0.05) is 11.5 Å². The molecule has 0 heterocycles. The number of ether oxygens (including phenoxy) is 5. The Kier molecular flexibility index (Phi) is 16.4. The van der Waals surface area contributed by atoms with Crippen molar-refractivity contribution < 1.29 is 43.2 Å².